The first-order valence-corrected chi connectivity index (χ1v) is 5.19. The Balaban J connectivity index is 1.81. The van der Waals surface area contributed by atoms with Crippen molar-refractivity contribution in [3.63, 3.8) is 0 Å². The van der Waals surface area contributed by atoms with E-state index in [2.05, 4.69) is 19.9 Å². The van der Waals surface area contributed by atoms with Gasteiger partial charge in [-0.3, -0.25) is 0 Å². The zero-order valence-corrected chi connectivity index (χ0v) is 10.3. The predicted molar refractivity (Wildman–Crippen MR) is 64.2 cm³/mol. The average Bonchev–Trinajstić information content (AvgIpc) is 2.49. The lowest BCUT2D eigenvalue weighted by molar-refractivity contribution is 0.374. The van der Waals surface area contributed by atoms with E-state index in [0.717, 1.165) is 7.69 Å². The topological polar surface area (TPSA) is 88.5 Å². The Kier molecular flexibility index (Phi) is 4.32. The molecule has 0 aliphatic rings. The van der Waals surface area contributed by atoms with E-state index in [1.807, 2.05) is 0 Å². The largest absolute Gasteiger partial charge is 0.658 e. The van der Waals surface area contributed by atoms with Gasteiger partial charge in [-0.15, -0.1) is 0 Å². The lowest BCUT2D eigenvalue weighted by Gasteiger charge is -2.05. The second kappa shape index (κ2) is 6.38. The third kappa shape index (κ3) is 3.70. The molecule has 0 saturated carbocycles. The predicted octanol–water partition coefficient (Wildman–Crippen LogP) is 0.276. The second-order valence-electron chi connectivity index (χ2n) is 3.14. The van der Waals surface area contributed by atoms with E-state index >= 15 is 0 Å². The lowest BCUT2D eigenvalue weighted by Crippen LogP contribution is -2.11. The molecule has 2 aromatic rings. The summed E-state index contributed by atoms with van der Waals surface area (Å²) < 4.78 is 19.9. The minimum absolute atomic E-state index is 0.261. The fraction of sp³-hybridized carbons (Fsp3) is 0.200. The van der Waals surface area contributed by atoms with Crippen molar-refractivity contribution in [2.24, 2.45) is 0 Å². The minimum Gasteiger partial charge on any atom is -0.524 e. The van der Waals surface area contributed by atoms with Gasteiger partial charge in [-0.1, -0.05) is 0 Å². The zero-order chi connectivity index (χ0) is 13.5. The summed E-state index contributed by atoms with van der Waals surface area (Å²) in [5, 5.41) is 0. The summed E-state index contributed by atoms with van der Waals surface area (Å²) in [7, 11) is 4.08. The number of hydrogen-bond acceptors (Lipinski definition) is 8. The summed E-state index contributed by atoms with van der Waals surface area (Å²) in [5.41, 5.74) is 0. The Morgan fingerprint density at radius 1 is 0.737 bits per heavy atom. The average molecular weight is 261 g/mol. The maximum Gasteiger partial charge on any atom is 0.658 e. The molecule has 8 nitrogen and oxygen atoms in total. The van der Waals surface area contributed by atoms with Crippen molar-refractivity contribution in [1.82, 2.24) is 19.9 Å². The molecular weight excluding hydrogens is 251 g/mol. The van der Waals surface area contributed by atoms with Gasteiger partial charge in [0.05, 0.1) is 39.0 Å². The Labute approximate surface area is 110 Å². The molecule has 97 valence electrons. The molecular formula is C10H10BN4O4. The summed E-state index contributed by atoms with van der Waals surface area (Å²) in [5.74, 6) is 0.825. The van der Waals surface area contributed by atoms with Crippen LogP contribution in [0.5, 0.6) is 23.5 Å². The monoisotopic (exact) mass is 261 g/mol. The van der Waals surface area contributed by atoms with Gasteiger partial charge in [0.1, 0.15) is 11.5 Å². The Morgan fingerprint density at radius 3 is 1.42 bits per heavy atom. The van der Waals surface area contributed by atoms with Crippen molar-refractivity contribution >= 4 is 7.69 Å². The van der Waals surface area contributed by atoms with Crippen LogP contribution in [0.15, 0.2) is 24.8 Å². The minimum atomic E-state index is 0.261. The van der Waals surface area contributed by atoms with Crippen molar-refractivity contribution in [2.75, 3.05) is 14.2 Å². The first-order valence-electron chi connectivity index (χ1n) is 5.19. The second-order valence-corrected chi connectivity index (χ2v) is 3.14. The molecule has 0 aliphatic heterocycles. The van der Waals surface area contributed by atoms with Gasteiger partial charge in [0.15, 0.2) is 0 Å². The third-order valence-electron chi connectivity index (χ3n) is 1.94. The van der Waals surface area contributed by atoms with Crippen LogP contribution in [-0.4, -0.2) is 41.8 Å². The maximum absolute atomic E-state index is 5.15. The summed E-state index contributed by atoms with van der Waals surface area (Å²) in [6.07, 6.45) is 5.82. The number of ether oxygens (including phenoxy) is 2. The van der Waals surface area contributed by atoms with Crippen LogP contribution in [0.3, 0.4) is 0 Å². The van der Waals surface area contributed by atoms with Crippen LogP contribution in [0.2, 0.25) is 0 Å². The van der Waals surface area contributed by atoms with E-state index in [9.17, 15) is 0 Å². The SMILES string of the molecule is COc1ncc(O[B]Oc2cnc(OC)nc2)cn1. The Morgan fingerprint density at radius 2 is 1.11 bits per heavy atom. The van der Waals surface area contributed by atoms with E-state index < -0.39 is 0 Å². The number of nitrogens with zero attached hydrogens (tertiary/aromatic N) is 4. The Hall–Kier alpha value is -2.58. The normalized spacial score (nSPS) is 9.58. The molecule has 0 bridgehead atoms. The van der Waals surface area contributed by atoms with Gasteiger partial charge in [-0.05, 0) is 0 Å². The molecule has 9 heteroatoms. The van der Waals surface area contributed by atoms with Crippen molar-refractivity contribution in [1.29, 1.82) is 0 Å². The number of rotatable bonds is 6. The van der Waals surface area contributed by atoms with Crippen molar-refractivity contribution in [2.45, 2.75) is 0 Å². The molecule has 0 aliphatic carbocycles. The van der Waals surface area contributed by atoms with Gasteiger partial charge in [0, 0.05) is 0 Å². The van der Waals surface area contributed by atoms with Gasteiger partial charge in [0.2, 0.25) is 0 Å². The maximum atomic E-state index is 5.15. The standard InChI is InChI=1S/C10H10BN4O4/c1-16-9-12-3-7(4-13-9)18-11-19-8-5-14-10(17-2)15-6-8/h3-6H,1-2H3. The molecule has 19 heavy (non-hydrogen) atoms. The van der Waals surface area contributed by atoms with Gasteiger partial charge in [0.25, 0.3) is 0 Å². The fourth-order valence-corrected chi connectivity index (χ4v) is 1.08. The number of hydrogen-bond donors (Lipinski definition) is 0. The molecule has 0 atom stereocenters. The molecule has 2 heterocycles. The summed E-state index contributed by atoms with van der Waals surface area (Å²) in [6.45, 7) is 0. The first-order chi connectivity index (χ1) is 9.31. The van der Waals surface area contributed by atoms with Crippen LogP contribution in [-0.2, 0) is 0 Å². The molecule has 2 rings (SSSR count). The molecule has 1 radical (unpaired) electrons. The highest BCUT2D eigenvalue weighted by atomic mass is 16.6. The summed E-state index contributed by atoms with van der Waals surface area (Å²) >= 11 is 0. The zero-order valence-electron chi connectivity index (χ0n) is 10.3. The van der Waals surface area contributed by atoms with Crippen molar-refractivity contribution < 1.29 is 18.8 Å². The molecule has 0 unspecified atom stereocenters. The van der Waals surface area contributed by atoms with Crippen LogP contribution >= 0.6 is 0 Å². The van der Waals surface area contributed by atoms with Crippen LogP contribution < -0.4 is 18.8 Å². The van der Waals surface area contributed by atoms with Crippen LogP contribution in [0.1, 0.15) is 0 Å². The van der Waals surface area contributed by atoms with E-state index in [1.165, 1.54) is 39.0 Å². The van der Waals surface area contributed by atoms with E-state index in [-0.39, 0.29) is 12.0 Å². The molecule has 0 spiro atoms. The van der Waals surface area contributed by atoms with Crippen LogP contribution in [0, 0.1) is 0 Å². The van der Waals surface area contributed by atoms with Gasteiger partial charge >= 0.3 is 19.7 Å². The van der Waals surface area contributed by atoms with E-state index in [4.69, 9.17) is 18.8 Å². The molecule has 0 amide bonds. The lowest BCUT2D eigenvalue weighted by atomic mass is 10.3. The Bertz CT molecular complexity index is 460. The van der Waals surface area contributed by atoms with Gasteiger partial charge in [-0.2, -0.15) is 19.9 Å². The number of methoxy groups -OCH3 is 2. The van der Waals surface area contributed by atoms with E-state index in [0.29, 0.717) is 11.5 Å². The smallest absolute Gasteiger partial charge is 0.524 e. The molecule has 0 fully saturated rings. The van der Waals surface area contributed by atoms with Gasteiger partial charge < -0.3 is 18.8 Å². The van der Waals surface area contributed by atoms with Crippen LogP contribution in [0.4, 0.5) is 0 Å². The van der Waals surface area contributed by atoms with Crippen LogP contribution in [0.25, 0.3) is 0 Å². The summed E-state index contributed by atoms with van der Waals surface area (Å²) in [6, 6.07) is 0.522. The van der Waals surface area contributed by atoms with Crippen molar-refractivity contribution in [3.05, 3.63) is 24.8 Å². The van der Waals surface area contributed by atoms with Crippen molar-refractivity contribution in [3.8, 4) is 23.5 Å². The fourth-order valence-electron chi connectivity index (χ4n) is 1.08. The van der Waals surface area contributed by atoms with E-state index in [1.54, 1.807) is 0 Å². The highest BCUT2D eigenvalue weighted by Crippen LogP contribution is 2.11. The highest BCUT2D eigenvalue weighted by Gasteiger charge is 2.04. The third-order valence-corrected chi connectivity index (χ3v) is 1.94. The molecule has 0 N–H and O–H groups in total. The summed E-state index contributed by atoms with van der Waals surface area (Å²) in [4.78, 5) is 15.5. The first kappa shape index (κ1) is 12.9. The molecule has 0 aromatic carbocycles. The number of aromatic nitrogens is 4. The molecule has 2 aromatic heterocycles. The quantitative estimate of drug-likeness (QED) is 0.685. The van der Waals surface area contributed by atoms with Gasteiger partial charge in [-0.25, -0.2) is 0 Å². The highest BCUT2D eigenvalue weighted by molar-refractivity contribution is 6.20. The molecule has 0 saturated heterocycles.